The number of carbonyl (C=O) groups is 1. The Bertz CT molecular complexity index is 435. The number of rotatable bonds is 4. The number of carboxylic acids is 1. The van der Waals surface area contributed by atoms with E-state index in [0.29, 0.717) is 11.4 Å². The highest BCUT2D eigenvalue weighted by atomic mass is 16.4. The molecule has 5 heteroatoms. The van der Waals surface area contributed by atoms with Gasteiger partial charge < -0.3 is 10.4 Å². The Morgan fingerprint density at radius 2 is 2.38 bits per heavy atom. The number of aromatic nitrogens is 1. The zero-order valence-corrected chi connectivity index (χ0v) is 9.19. The minimum absolute atomic E-state index is 0.00277. The van der Waals surface area contributed by atoms with Gasteiger partial charge >= 0.3 is 5.97 Å². The maximum absolute atomic E-state index is 10.6. The quantitative estimate of drug-likeness (QED) is 0.803. The van der Waals surface area contributed by atoms with E-state index in [2.05, 4.69) is 10.3 Å². The van der Waals surface area contributed by atoms with E-state index in [0.717, 1.165) is 0 Å². The molecule has 0 aliphatic heterocycles. The molecule has 0 saturated carbocycles. The molecule has 0 atom stereocenters. The van der Waals surface area contributed by atoms with Crippen molar-refractivity contribution in [1.29, 1.82) is 5.26 Å². The highest BCUT2D eigenvalue weighted by Crippen LogP contribution is 2.18. The van der Waals surface area contributed by atoms with Crippen LogP contribution in [-0.4, -0.2) is 21.6 Å². The molecular weight excluding hydrogens is 206 g/mol. The third-order valence-corrected chi connectivity index (χ3v) is 1.95. The van der Waals surface area contributed by atoms with Gasteiger partial charge in [-0.3, -0.25) is 4.79 Å². The number of nitrogens with one attached hydrogen (secondary N) is 1. The summed E-state index contributed by atoms with van der Waals surface area (Å²) in [5.74, 6) is -0.868. The normalized spacial score (nSPS) is 10.6. The fourth-order valence-corrected chi connectivity index (χ4v) is 1.38. The van der Waals surface area contributed by atoms with E-state index >= 15 is 0 Å². The second-order valence-electron chi connectivity index (χ2n) is 4.12. The number of pyridine rings is 1. The molecule has 0 aliphatic carbocycles. The largest absolute Gasteiger partial charge is 0.481 e. The van der Waals surface area contributed by atoms with Crippen LogP contribution in [0.15, 0.2) is 18.3 Å². The van der Waals surface area contributed by atoms with Crippen LogP contribution in [0.1, 0.15) is 26.0 Å². The highest BCUT2D eigenvalue weighted by Gasteiger charge is 2.21. The van der Waals surface area contributed by atoms with Gasteiger partial charge in [-0.25, -0.2) is 4.98 Å². The molecule has 2 N–H and O–H groups in total. The first kappa shape index (κ1) is 12.0. The Kier molecular flexibility index (Phi) is 3.46. The second kappa shape index (κ2) is 4.62. The molecule has 1 aromatic rings. The first-order valence-corrected chi connectivity index (χ1v) is 4.79. The molecule has 0 saturated heterocycles. The summed E-state index contributed by atoms with van der Waals surface area (Å²) in [5.41, 5.74) is 0.425. The standard InChI is InChI=1S/C11H13N3O2/c1-11(2,6-10(15)16)14-8-3-4-13-9(5-8)7-12/h3-5H,6H2,1-2H3,(H,13,14)(H,15,16). The van der Waals surface area contributed by atoms with Crippen LogP contribution < -0.4 is 5.32 Å². The predicted molar refractivity (Wildman–Crippen MR) is 58.9 cm³/mol. The lowest BCUT2D eigenvalue weighted by atomic mass is 10.0. The average molecular weight is 219 g/mol. The monoisotopic (exact) mass is 219 g/mol. The third-order valence-electron chi connectivity index (χ3n) is 1.95. The zero-order chi connectivity index (χ0) is 12.2. The molecule has 1 rings (SSSR count). The molecule has 0 amide bonds. The molecule has 0 spiro atoms. The van der Waals surface area contributed by atoms with Crippen LogP contribution in [0.4, 0.5) is 5.69 Å². The van der Waals surface area contributed by atoms with E-state index in [9.17, 15) is 4.79 Å². The maximum atomic E-state index is 10.6. The maximum Gasteiger partial charge on any atom is 0.305 e. The van der Waals surface area contributed by atoms with Crippen LogP contribution in [0, 0.1) is 11.3 Å². The van der Waals surface area contributed by atoms with Crippen LogP contribution in [-0.2, 0) is 4.79 Å². The van der Waals surface area contributed by atoms with E-state index in [1.807, 2.05) is 6.07 Å². The summed E-state index contributed by atoms with van der Waals surface area (Å²) in [6.45, 7) is 3.57. The lowest BCUT2D eigenvalue weighted by Gasteiger charge is -2.25. The number of anilines is 1. The van der Waals surface area contributed by atoms with Crippen LogP contribution in [0.3, 0.4) is 0 Å². The van der Waals surface area contributed by atoms with Crippen molar-refractivity contribution in [2.24, 2.45) is 0 Å². The summed E-state index contributed by atoms with van der Waals surface area (Å²) in [4.78, 5) is 14.5. The molecule has 0 radical (unpaired) electrons. The van der Waals surface area contributed by atoms with Crippen LogP contribution in [0.5, 0.6) is 0 Å². The smallest absolute Gasteiger partial charge is 0.305 e. The van der Waals surface area contributed by atoms with Crippen molar-refractivity contribution in [3.63, 3.8) is 0 Å². The van der Waals surface area contributed by atoms with E-state index in [4.69, 9.17) is 10.4 Å². The van der Waals surface area contributed by atoms with Crippen LogP contribution in [0.2, 0.25) is 0 Å². The van der Waals surface area contributed by atoms with Gasteiger partial charge in [-0.15, -0.1) is 0 Å². The SMILES string of the molecule is CC(C)(CC(=O)O)Nc1ccnc(C#N)c1. The van der Waals surface area contributed by atoms with Gasteiger partial charge in [0.1, 0.15) is 11.8 Å². The van der Waals surface area contributed by atoms with Gasteiger partial charge in [0.15, 0.2) is 0 Å². The Labute approximate surface area is 93.7 Å². The van der Waals surface area contributed by atoms with Crippen molar-refractivity contribution in [3.05, 3.63) is 24.0 Å². The van der Waals surface area contributed by atoms with Crippen molar-refractivity contribution < 1.29 is 9.90 Å². The highest BCUT2D eigenvalue weighted by molar-refractivity contribution is 5.69. The predicted octanol–water partition coefficient (Wildman–Crippen LogP) is 1.62. The number of aliphatic carboxylic acids is 1. The second-order valence-corrected chi connectivity index (χ2v) is 4.12. The van der Waals surface area contributed by atoms with E-state index in [1.54, 1.807) is 26.0 Å². The number of nitrogens with zero attached hydrogens (tertiary/aromatic N) is 2. The molecule has 0 fully saturated rings. The molecule has 1 aromatic heterocycles. The van der Waals surface area contributed by atoms with Gasteiger partial charge in [0.2, 0.25) is 0 Å². The minimum Gasteiger partial charge on any atom is -0.481 e. The summed E-state index contributed by atoms with van der Waals surface area (Å²) < 4.78 is 0. The van der Waals surface area contributed by atoms with Crippen molar-refractivity contribution in [3.8, 4) is 6.07 Å². The zero-order valence-electron chi connectivity index (χ0n) is 9.19. The van der Waals surface area contributed by atoms with Gasteiger partial charge in [-0.1, -0.05) is 0 Å². The van der Waals surface area contributed by atoms with E-state index < -0.39 is 11.5 Å². The molecule has 84 valence electrons. The van der Waals surface area contributed by atoms with Crippen molar-refractivity contribution in [2.45, 2.75) is 25.8 Å². The molecule has 0 bridgehead atoms. The first-order chi connectivity index (χ1) is 7.43. The van der Waals surface area contributed by atoms with Crippen molar-refractivity contribution in [2.75, 3.05) is 5.32 Å². The lowest BCUT2D eigenvalue weighted by Crippen LogP contribution is -2.33. The van der Waals surface area contributed by atoms with Gasteiger partial charge in [0.05, 0.1) is 6.42 Å². The minimum atomic E-state index is -0.868. The summed E-state index contributed by atoms with van der Waals surface area (Å²) in [6, 6.07) is 5.21. The Morgan fingerprint density at radius 1 is 1.69 bits per heavy atom. The van der Waals surface area contributed by atoms with Gasteiger partial charge in [-0.2, -0.15) is 5.26 Å². The Balaban J connectivity index is 2.80. The van der Waals surface area contributed by atoms with Gasteiger partial charge in [0, 0.05) is 17.4 Å². The number of carboxylic acid groups (broad SMARTS) is 1. The third kappa shape index (κ3) is 3.58. The number of nitriles is 1. The summed E-state index contributed by atoms with van der Waals surface area (Å²) >= 11 is 0. The summed E-state index contributed by atoms with van der Waals surface area (Å²) in [6.07, 6.45) is 1.51. The molecule has 5 nitrogen and oxygen atoms in total. The fourth-order valence-electron chi connectivity index (χ4n) is 1.38. The van der Waals surface area contributed by atoms with Crippen LogP contribution >= 0.6 is 0 Å². The number of hydrogen-bond acceptors (Lipinski definition) is 4. The van der Waals surface area contributed by atoms with Gasteiger partial charge in [0.25, 0.3) is 0 Å². The molecule has 1 heterocycles. The van der Waals surface area contributed by atoms with Crippen molar-refractivity contribution >= 4 is 11.7 Å². The first-order valence-electron chi connectivity index (χ1n) is 4.79. The van der Waals surface area contributed by atoms with Crippen molar-refractivity contribution in [1.82, 2.24) is 4.98 Å². The summed E-state index contributed by atoms with van der Waals surface area (Å²) in [5, 5.41) is 20.4. The Hall–Kier alpha value is -2.09. The average Bonchev–Trinajstić information content (AvgIpc) is 2.15. The van der Waals surface area contributed by atoms with E-state index in [1.165, 1.54) is 6.20 Å². The molecule has 16 heavy (non-hydrogen) atoms. The Morgan fingerprint density at radius 3 is 2.94 bits per heavy atom. The molecule has 0 aliphatic rings. The fraction of sp³-hybridized carbons (Fsp3) is 0.364. The van der Waals surface area contributed by atoms with E-state index in [-0.39, 0.29) is 6.42 Å². The topological polar surface area (TPSA) is 86.0 Å². The molecule has 0 unspecified atom stereocenters. The summed E-state index contributed by atoms with van der Waals surface area (Å²) in [7, 11) is 0. The number of hydrogen-bond donors (Lipinski definition) is 2. The van der Waals surface area contributed by atoms with Crippen LogP contribution in [0.25, 0.3) is 0 Å². The van der Waals surface area contributed by atoms with Gasteiger partial charge in [-0.05, 0) is 26.0 Å². The molecule has 0 aromatic carbocycles. The molecular formula is C11H13N3O2. The lowest BCUT2D eigenvalue weighted by molar-refractivity contribution is -0.137.